The van der Waals surface area contributed by atoms with Gasteiger partial charge in [-0.25, -0.2) is 4.39 Å². The molecule has 21 heavy (non-hydrogen) atoms. The van der Waals surface area contributed by atoms with Gasteiger partial charge in [0.05, 0.1) is 23.3 Å². The summed E-state index contributed by atoms with van der Waals surface area (Å²) in [4.78, 5) is 16.6. The van der Waals surface area contributed by atoms with E-state index in [1.165, 1.54) is 17.4 Å². The van der Waals surface area contributed by atoms with Gasteiger partial charge in [0, 0.05) is 10.9 Å². The molecule has 0 aliphatic rings. The minimum Gasteiger partial charge on any atom is -0.397 e. The van der Waals surface area contributed by atoms with Crippen LogP contribution < -0.4 is 11.1 Å². The van der Waals surface area contributed by atoms with Gasteiger partial charge in [0.25, 0.3) is 5.91 Å². The summed E-state index contributed by atoms with van der Waals surface area (Å²) in [5.74, 6) is -0.733. The van der Waals surface area contributed by atoms with Crippen LogP contribution in [0.5, 0.6) is 0 Å². The number of carbonyl (C=O) groups excluding carboxylic acids is 1. The lowest BCUT2D eigenvalue weighted by Gasteiger charge is -2.03. The second-order valence-corrected chi connectivity index (χ2v) is 5.51. The molecule has 0 unspecified atom stereocenters. The molecule has 0 saturated heterocycles. The van der Waals surface area contributed by atoms with Gasteiger partial charge in [0.2, 0.25) is 0 Å². The van der Waals surface area contributed by atoms with Gasteiger partial charge in [-0.05, 0) is 24.3 Å². The highest BCUT2D eigenvalue weighted by Crippen LogP contribution is 2.35. The largest absolute Gasteiger partial charge is 0.397 e. The number of hydrogen-bond donors (Lipinski definition) is 2. The summed E-state index contributed by atoms with van der Waals surface area (Å²) in [6.07, 6.45) is 1.66. The van der Waals surface area contributed by atoms with Crippen molar-refractivity contribution in [1.82, 2.24) is 10.3 Å². The number of thiophene rings is 1. The number of fused-ring (bicyclic) bond motifs is 1. The van der Waals surface area contributed by atoms with E-state index in [2.05, 4.69) is 10.3 Å². The Balaban J connectivity index is 1.85. The number of nitrogen functional groups attached to an aromatic ring is 1. The first-order valence-corrected chi connectivity index (χ1v) is 7.13. The van der Waals surface area contributed by atoms with Crippen LogP contribution in [0.1, 0.15) is 15.4 Å². The molecule has 0 atom stereocenters. The van der Waals surface area contributed by atoms with E-state index in [4.69, 9.17) is 5.73 Å². The van der Waals surface area contributed by atoms with Crippen molar-refractivity contribution in [3.63, 3.8) is 0 Å². The Kier molecular flexibility index (Phi) is 3.53. The Labute approximate surface area is 124 Å². The van der Waals surface area contributed by atoms with E-state index >= 15 is 0 Å². The van der Waals surface area contributed by atoms with E-state index < -0.39 is 5.82 Å². The van der Waals surface area contributed by atoms with Crippen LogP contribution in [-0.4, -0.2) is 10.9 Å². The normalized spacial score (nSPS) is 10.7. The predicted molar refractivity (Wildman–Crippen MR) is 81.6 cm³/mol. The summed E-state index contributed by atoms with van der Waals surface area (Å²) in [6.45, 7) is 0.301. The molecule has 0 spiro atoms. The monoisotopic (exact) mass is 301 g/mol. The van der Waals surface area contributed by atoms with E-state index in [9.17, 15) is 9.18 Å². The maximum atomic E-state index is 13.8. The lowest BCUT2D eigenvalue weighted by atomic mass is 10.2. The average Bonchev–Trinajstić information content (AvgIpc) is 2.84. The summed E-state index contributed by atoms with van der Waals surface area (Å²) >= 11 is 1.18. The molecule has 6 heteroatoms. The first-order chi connectivity index (χ1) is 10.2. The molecule has 3 N–H and O–H groups in total. The summed E-state index contributed by atoms with van der Waals surface area (Å²) in [5, 5.41) is 3.05. The maximum Gasteiger partial charge on any atom is 0.263 e. The standard InChI is InChI=1S/C15H12FN3OS/c16-10-5-3-6-11-12(10)13(17)14(21-11)15(20)19-8-9-4-1-2-7-18-9/h1-7H,8,17H2,(H,19,20). The van der Waals surface area contributed by atoms with Gasteiger partial charge in [-0.15, -0.1) is 11.3 Å². The van der Waals surface area contributed by atoms with Gasteiger partial charge in [0.15, 0.2) is 0 Å². The van der Waals surface area contributed by atoms with Crippen LogP contribution in [0.15, 0.2) is 42.6 Å². The third kappa shape index (κ3) is 2.57. The van der Waals surface area contributed by atoms with Gasteiger partial charge >= 0.3 is 0 Å². The molecule has 0 aliphatic carbocycles. The van der Waals surface area contributed by atoms with Crippen LogP contribution in [0, 0.1) is 5.82 Å². The Bertz CT molecular complexity index is 801. The van der Waals surface area contributed by atoms with Gasteiger partial charge in [-0.3, -0.25) is 9.78 Å². The number of anilines is 1. The van der Waals surface area contributed by atoms with Crippen LogP contribution in [0.4, 0.5) is 10.1 Å². The number of aromatic nitrogens is 1. The van der Waals surface area contributed by atoms with Gasteiger partial charge in [-0.1, -0.05) is 12.1 Å². The van der Waals surface area contributed by atoms with Crippen LogP contribution in [0.25, 0.3) is 10.1 Å². The number of carbonyl (C=O) groups is 1. The maximum absolute atomic E-state index is 13.8. The fourth-order valence-electron chi connectivity index (χ4n) is 2.05. The number of halogens is 1. The zero-order valence-electron chi connectivity index (χ0n) is 11.0. The van der Waals surface area contributed by atoms with Crippen LogP contribution in [0.2, 0.25) is 0 Å². The molecular formula is C15H12FN3OS. The van der Waals surface area contributed by atoms with Crippen LogP contribution in [0.3, 0.4) is 0 Å². The zero-order valence-corrected chi connectivity index (χ0v) is 11.8. The minimum absolute atomic E-state index is 0.187. The highest BCUT2D eigenvalue weighted by Gasteiger charge is 2.18. The lowest BCUT2D eigenvalue weighted by Crippen LogP contribution is -2.23. The second kappa shape index (κ2) is 5.49. The third-order valence-electron chi connectivity index (χ3n) is 3.06. The fourth-order valence-corrected chi connectivity index (χ4v) is 3.10. The Morgan fingerprint density at radius 3 is 2.86 bits per heavy atom. The molecule has 1 aromatic carbocycles. The number of nitrogens with one attached hydrogen (secondary N) is 1. The Morgan fingerprint density at radius 1 is 1.29 bits per heavy atom. The van der Waals surface area contributed by atoms with Crippen molar-refractivity contribution in [3.8, 4) is 0 Å². The van der Waals surface area contributed by atoms with Crippen molar-refractivity contribution in [3.05, 3.63) is 59.0 Å². The molecule has 4 nitrogen and oxygen atoms in total. The van der Waals surface area contributed by atoms with E-state index in [0.29, 0.717) is 21.5 Å². The zero-order chi connectivity index (χ0) is 14.8. The lowest BCUT2D eigenvalue weighted by molar-refractivity contribution is 0.0955. The number of nitrogens with two attached hydrogens (primary N) is 1. The molecule has 3 aromatic rings. The van der Waals surface area contributed by atoms with Crippen molar-refractivity contribution in [2.45, 2.75) is 6.54 Å². The summed E-state index contributed by atoms with van der Waals surface area (Å²) in [7, 11) is 0. The van der Waals surface area contributed by atoms with Gasteiger partial charge < -0.3 is 11.1 Å². The molecular weight excluding hydrogens is 289 g/mol. The van der Waals surface area contributed by atoms with E-state index in [1.807, 2.05) is 12.1 Å². The van der Waals surface area contributed by atoms with Crippen molar-refractivity contribution in [2.75, 3.05) is 5.73 Å². The SMILES string of the molecule is Nc1c(C(=O)NCc2ccccn2)sc2cccc(F)c12. The molecule has 0 radical (unpaired) electrons. The number of rotatable bonds is 3. The van der Waals surface area contributed by atoms with Crippen molar-refractivity contribution < 1.29 is 9.18 Å². The second-order valence-electron chi connectivity index (χ2n) is 4.46. The number of nitrogens with zero attached hydrogens (tertiary/aromatic N) is 1. The van der Waals surface area contributed by atoms with Crippen LogP contribution >= 0.6 is 11.3 Å². The number of benzene rings is 1. The highest BCUT2D eigenvalue weighted by molar-refractivity contribution is 7.21. The summed E-state index contributed by atoms with van der Waals surface area (Å²) in [5.41, 5.74) is 6.84. The van der Waals surface area contributed by atoms with Gasteiger partial charge in [-0.2, -0.15) is 0 Å². The topological polar surface area (TPSA) is 68.0 Å². The number of pyridine rings is 1. The molecule has 0 aliphatic heterocycles. The molecule has 3 rings (SSSR count). The Hall–Kier alpha value is -2.47. The van der Waals surface area contributed by atoms with Crippen molar-refractivity contribution in [1.29, 1.82) is 0 Å². The molecule has 0 fully saturated rings. The van der Waals surface area contributed by atoms with E-state index in [0.717, 1.165) is 5.69 Å². The first-order valence-electron chi connectivity index (χ1n) is 6.31. The molecule has 2 aromatic heterocycles. The van der Waals surface area contributed by atoms with Crippen molar-refractivity contribution in [2.24, 2.45) is 0 Å². The summed E-state index contributed by atoms with van der Waals surface area (Å²) < 4.78 is 14.4. The third-order valence-corrected chi connectivity index (χ3v) is 4.23. The molecule has 106 valence electrons. The molecule has 2 heterocycles. The summed E-state index contributed by atoms with van der Waals surface area (Å²) in [6, 6.07) is 10.1. The fraction of sp³-hybridized carbons (Fsp3) is 0.0667. The minimum atomic E-state index is -0.412. The highest BCUT2D eigenvalue weighted by atomic mass is 32.1. The molecule has 1 amide bonds. The van der Waals surface area contributed by atoms with Crippen molar-refractivity contribution >= 4 is 33.0 Å². The smallest absolute Gasteiger partial charge is 0.263 e. The average molecular weight is 301 g/mol. The van der Waals surface area contributed by atoms with E-state index in [1.54, 1.807) is 24.4 Å². The first kappa shape index (κ1) is 13.5. The quantitative estimate of drug-likeness (QED) is 0.781. The molecule has 0 bridgehead atoms. The number of amides is 1. The van der Waals surface area contributed by atoms with Gasteiger partial charge in [0.1, 0.15) is 10.7 Å². The number of hydrogen-bond acceptors (Lipinski definition) is 4. The van der Waals surface area contributed by atoms with E-state index in [-0.39, 0.29) is 11.6 Å². The Morgan fingerprint density at radius 2 is 2.14 bits per heavy atom. The predicted octanol–water partition coefficient (Wildman–Crippen LogP) is 2.95. The van der Waals surface area contributed by atoms with Crippen LogP contribution in [-0.2, 0) is 6.54 Å². The molecule has 0 saturated carbocycles.